The zero-order chi connectivity index (χ0) is 5.41. The first-order chi connectivity index (χ1) is 2.83. The summed E-state index contributed by atoms with van der Waals surface area (Å²) in [6.07, 6.45) is 2.00. The van der Waals surface area contributed by atoms with Crippen LogP contribution in [0.15, 0.2) is 0 Å². The second-order valence-corrected chi connectivity index (χ2v) is 1.000. The van der Waals surface area contributed by atoms with E-state index in [0.717, 1.165) is 12.8 Å². The molecule has 0 unspecified atom stereocenters. The first kappa shape index (κ1) is 23.2. The summed E-state index contributed by atoms with van der Waals surface area (Å²) >= 11 is 0. The molecule has 0 heterocycles. The van der Waals surface area contributed by atoms with Gasteiger partial charge in [-0.1, -0.05) is 13.8 Å². The molecule has 8 heavy (non-hydrogen) atoms. The maximum atomic E-state index is 3.49. The molecule has 0 radical (unpaired) electrons. The van der Waals surface area contributed by atoms with Crippen LogP contribution in [-0.4, -0.2) is 17.4 Å². The van der Waals surface area contributed by atoms with Crippen molar-refractivity contribution in [3.63, 3.8) is 0 Å². The number of halogens is 1. The molecule has 0 nitrogen and oxygen atoms in total. The van der Waals surface area contributed by atoms with Crippen molar-refractivity contribution in [2.24, 2.45) is 0 Å². The molecule has 0 aliphatic heterocycles. The fourth-order valence-electron chi connectivity index (χ4n) is 0. The van der Waals surface area contributed by atoms with E-state index in [4.69, 9.17) is 0 Å². The Bertz CT molecular complexity index is 10.5. The normalized spacial score (nSPS) is 4.50. The van der Waals surface area contributed by atoms with Crippen molar-refractivity contribution in [1.82, 2.24) is 0 Å². The predicted octanol–water partition coefficient (Wildman–Crippen LogP) is -0.916. The van der Waals surface area contributed by atoms with Crippen molar-refractivity contribution in [2.75, 3.05) is 0 Å². The molecule has 48 valence electrons. The molecule has 0 saturated heterocycles. The minimum atomic E-state index is 0. The molecule has 2 heteroatoms. The zero-order valence-electron chi connectivity index (χ0n) is 5.78. The first-order valence-corrected chi connectivity index (χ1v) is 2.41. The Morgan fingerprint density at radius 2 is 1.00 bits per heavy atom. The van der Waals surface area contributed by atoms with E-state index < -0.39 is 0 Å². The summed E-state index contributed by atoms with van der Waals surface area (Å²) in [6.45, 7) is 11.0. The molecular weight excluding hydrogens is 135 g/mol. The average Bonchev–Trinajstić information content (AvgIpc) is 1.39. The summed E-state index contributed by atoms with van der Waals surface area (Å²) in [5.74, 6) is 0. The molecule has 0 aliphatic carbocycles. The van der Waals surface area contributed by atoms with E-state index in [1.807, 2.05) is 13.8 Å². The van der Waals surface area contributed by atoms with Crippen molar-refractivity contribution in [1.29, 1.82) is 0 Å². The minimum Gasteiger partial charge on any atom is -1.00 e. The van der Waals surface area contributed by atoms with Crippen LogP contribution in [0, 0.1) is 13.8 Å². The van der Waals surface area contributed by atoms with Crippen molar-refractivity contribution < 1.29 is 12.4 Å². The van der Waals surface area contributed by atoms with Gasteiger partial charge in [-0.15, -0.1) is 0 Å². The van der Waals surface area contributed by atoms with Crippen LogP contribution in [0.3, 0.4) is 0 Å². The van der Waals surface area contributed by atoms with E-state index in [-0.39, 0.29) is 29.8 Å². The van der Waals surface area contributed by atoms with Gasteiger partial charge in [0.25, 0.3) is 0 Å². The molecule has 0 bridgehead atoms. The van der Waals surface area contributed by atoms with Crippen LogP contribution in [0.4, 0.5) is 0 Å². The molecule has 0 fully saturated rings. The van der Waals surface area contributed by atoms with Gasteiger partial charge in [0, 0.05) is 0 Å². The van der Waals surface area contributed by atoms with Crippen LogP contribution in [-0.2, 0) is 0 Å². The Labute approximate surface area is 70.6 Å². The summed E-state index contributed by atoms with van der Waals surface area (Å²) in [4.78, 5) is 0. The second-order valence-electron chi connectivity index (χ2n) is 1.000. The van der Waals surface area contributed by atoms with E-state index in [1.54, 1.807) is 0 Å². The Hall–Kier alpha value is 0.822. The molecule has 0 aromatic heterocycles. The Balaban J connectivity index is -0.0000000160. The molecule has 0 rings (SSSR count). The van der Waals surface area contributed by atoms with E-state index in [0.29, 0.717) is 0 Å². The first-order valence-electron chi connectivity index (χ1n) is 2.41. The third-order valence-electron chi connectivity index (χ3n) is 0. The molecule has 0 amide bonds. The van der Waals surface area contributed by atoms with Crippen molar-refractivity contribution in [3.05, 3.63) is 13.8 Å². The van der Waals surface area contributed by atoms with Crippen LogP contribution in [0.2, 0.25) is 0 Å². The van der Waals surface area contributed by atoms with E-state index in [2.05, 4.69) is 13.8 Å². The Morgan fingerprint density at radius 3 is 1.00 bits per heavy atom. The fraction of sp³-hybridized carbons (Fsp3) is 0.667. The van der Waals surface area contributed by atoms with Crippen molar-refractivity contribution in [2.45, 2.75) is 26.7 Å². The van der Waals surface area contributed by atoms with Gasteiger partial charge in [-0.2, -0.15) is 12.8 Å². The summed E-state index contributed by atoms with van der Waals surface area (Å²) < 4.78 is 0. The fourth-order valence-corrected chi connectivity index (χ4v) is 0. The number of hydrogen-bond donors (Lipinski definition) is 0. The minimum absolute atomic E-state index is 0. The van der Waals surface area contributed by atoms with Crippen LogP contribution in [0.5, 0.6) is 0 Å². The smallest absolute Gasteiger partial charge is 1.00 e. The average molecular weight is 149 g/mol. The van der Waals surface area contributed by atoms with Crippen LogP contribution >= 0.6 is 0 Å². The van der Waals surface area contributed by atoms with Crippen LogP contribution < -0.4 is 12.4 Å². The predicted molar refractivity (Wildman–Crippen MR) is 37.0 cm³/mol. The third-order valence-corrected chi connectivity index (χ3v) is 0. The van der Waals surface area contributed by atoms with Crippen molar-refractivity contribution >= 4 is 17.4 Å². The van der Waals surface area contributed by atoms with Gasteiger partial charge in [-0.25, -0.2) is 0 Å². The van der Waals surface area contributed by atoms with E-state index in [9.17, 15) is 0 Å². The summed E-state index contributed by atoms with van der Waals surface area (Å²) in [5.41, 5.74) is 0. The maximum Gasteiger partial charge on any atom is 3.00 e. The van der Waals surface area contributed by atoms with Crippen LogP contribution in [0.25, 0.3) is 0 Å². The van der Waals surface area contributed by atoms with Gasteiger partial charge >= 0.3 is 17.4 Å². The molecule has 0 atom stereocenters. The molecule has 0 spiro atoms. The number of hydrogen-bond acceptors (Lipinski definition) is 0. The quantitative estimate of drug-likeness (QED) is 0.308. The van der Waals surface area contributed by atoms with Gasteiger partial charge in [0.15, 0.2) is 0 Å². The molecule has 0 aliphatic rings. The second kappa shape index (κ2) is 45.7. The Kier molecular flexibility index (Phi) is 133. The van der Waals surface area contributed by atoms with Crippen LogP contribution in [0.1, 0.15) is 26.7 Å². The molecule has 0 aromatic carbocycles. The van der Waals surface area contributed by atoms with E-state index >= 15 is 0 Å². The van der Waals surface area contributed by atoms with E-state index in [1.165, 1.54) is 0 Å². The van der Waals surface area contributed by atoms with Gasteiger partial charge in [0.2, 0.25) is 0 Å². The largest absolute Gasteiger partial charge is 3.00 e. The van der Waals surface area contributed by atoms with Crippen molar-refractivity contribution in [3.8, 4) is 0 Å². The molecule has 0 aromatic rings. The Morgan fingerprint density at radius 1 is 1.00 bits per heavy atom. The topological polar surface area (TPSA) is 0 Å². The van der Waals surface area contributed by atoms with Gasteiger partial charge in [-0.05, 0) is 0 Å². The summed E-state index contributed by atoms with van der Waals surface area (Å²) in [5, 5.41) is 0. The summed E-state index contributed by atoms with van der Waals surface area (Å²) in [6, 6.07) is 0. The molecule has 0 saturated carbocycles. The zero-order valence-corrected chi connectivity index (χ0v) is 7.69. The standard InChI is InChI=1S/2C3H7.Al.ClH/c2*1-3-2;;/h2*1,3H2,2H3;;1H/q2*-1;+3;/p-1. The van der Waals surface area contributed by atoms with Gasteiger partial charge in [-0.3, -0.25) is 0 Å². The van der Waals surface area contributed by atoms with Gasteiger partial charge in [0.05, 0.1) is 0 Å². The van der Waals surface area contributed by atoms with Gasteiger partial charge in [0.1, 0.15) is 0 Å². The molecular formula is C6H14AlCl. The maximum absolute atomic E-state index is 3.49. The summed E-state index contributed by atoms with van der Waals surface area (Å²) in [7, 11) is 0. The SMILES string of the molecule is [Al+3].[CH2-]CC.[CH2-]CC.[Cl-]. The monoisotopic (exact) mass is 148 g/mol. The van der Waals surface area contributed by atoms with Gasteiger partial charge < -0.3 is 26.3 Å². The molecule has 0 N–H and O–H groups in total. The number of rotatable bonds is 0. The third kappa shape index (κ3) is 342.